The van der Waals surface area contributed by atoms with Gasteiger partial charge in [-0.2, -0.15) is 0 Å². The molecule has 0 aliphatic carbocycles. The number of aromatic nitrogens is 1. The molecular weight excluding hydrogens is 467 g/mol. The average Bonchev–Trinajstić information content (AvgIpc) is 2.71. The summed E-state index contributed by atoms with van der Waals surface area (Å²) in [6, 6.07) is 12.1. The zero-order valence-electron chi connectivity index (χ0n) is 16.0. The van der Waals surface area contributed by atoms with E-state index < -0.39 is 16.9 Å². The molecule has 1 N–H and O–H groups in total. The summed E-state index contributed by atoms with van der Waals surface area (Å²) in [5.74, 6) is 0.0217. The lowest BCUT2D eigenvalue weighted by Crippen LogP contribution is -2.24. The van der Waals surface area contributed by atoms with Gasteiger partial charge in [0, 0.05) is 35.6 Å². The van der Waals surface area contributed by atoms with E-state index in [-0.39, 0.29) is 0 Å². The summed E-state index contributed by atoms with van der Waals surface area (Å²) in [7, 11) is 0.0510. The Morgan fingerprint density at radius 1 is 1.07 bits per heavy atom. The van der Waals surface area contributed by atoms with Crippen LogP contribution in [0.4, 0.5) is 0 Å². The first-order valence-corrected chi connectivity index (χ1v) is 11.4. The molecule has 1 unspecified atom stereocenters. The topological polar surface area (TPSA) is 68.3 Å². The van der Waals surface area contributed by atoms with Gasteiger partial charge in [-0.15, -0.1) is 0 Å². The van der Waals surface area contributed by atoms with Gasteiger partial charge in [-0.05, 0) is 42.0 Å². The van der Waals surface area contributed by atoms with Gasteiger partial charge >= 0.3 is 0 Å². The number of ether oxygens (including phenoxy) is 1. The third-order valence-electron chi connectivity index (χ3n) is 4.28. The van der Waals surface area contributed by atoms with Crippen molar-refractivity contribution in [1.29, 1.82) is 0 Å². The normalized spacial score (nSPS) is 11.8. The molecule has 1 atom stereocenters. The van der Waals surface area contributed by atoms with Crippen molar-refractivity contribution in [1.82, 2.24) is 9.71 Å². The van der Waals surface area contributed by atoms with Crippen molar-refractivity contribution in [2.24, 2.45) is 0 Å². The molecule has 2 aromatic carbocycles. The molecule has 0 radical (unpaired) electrons. The Kier molecular flexibility index (Phi) is 7.36. The van der Waals surface area contributed by atoms with Crippen LogP contribution in [0.3, 0.4) is 0 Å². The molecule has 3 aromatic rings. The van der Waals surface area contributed by atoms with Crippen LogP contribution in [0.15, 0.2) is 48.7 Å². The first-order chi connectivity index (χ1) is 14.3. The SMILES string of the molecule is COc1cc(C(=O)NS(C)=O)ccc1-c1cnc(Cc2ccc(Cl)c(Cl)c2)c(Cl)c1. The zero-order chi connectivity index (χ0) is 21.8. The van der Waals surface area contributed by atoms with Crippen molar-refractivity contribution in [2.75, 3.05) is 13.4 Å². The first-order valence-electron chi connectivity index (χ1n) is 8.69. The van der Waals surface area contributed by atoms with Crippen molar-refractivity contribution in [2.45, 2.75) is 6.42 Å². The van der Waals surface area contributed by atoms with Gasteiger partial charge in [-0.3, -0.25) is 14.5 Å². The van der Waals surface area contributed by atoms with E-state index in [1.54, 1.807) is 42.6 Å². The minimum absolute atomic E-state index is 0.334. The van der Waals surface area contributed by atoms with E-state index in [4.69, 9.17) is 39.5 Å². The van der Waals surface area contributed by atoms with E-state index in [0.29, 0.717) is 38.5 Å². The molecule has 3 rings (SSSR count). The van der Waals surface area contributed by atoms with Gasteiger partial charge in [0.1, 0.15) is 16.7 Å². The summed E-state index contributed by atoms with van der Waals surface area (Å²) in [4.78, 5) is 16.6. The Bertz CT molecular complexity index is 1140. The van der Waals surface area contributed by atoms with Gasteiger partial charge in [-0.1, -0.05) is 40.9 Å². The number of hydrogen-bond donors (Lipinski definition) is 1. The average molecular weight is 484 g/mol. The fourth-order valence-electron chi connectivity index (χ4n) is 2.85. The number of rotatable bonds is 6. The van der Waals surface area contributed by atoms with Gasteiger partial charge in [0.15, 0.2) is 0 Å². The van der Waals surface area contributed by atoms with Crippen LogP contribution in [-0.2, 0) is 17.4 Å². The van der Waals surface area contributed by atoms with Gasteiger partial charge < -0.3 is 4.74 Å². The molecule has 1 heterocycles. The monoisotopic (exact) mass is 482 g/mol. The second-order valence-electron chi connectivity index (χ2n) is 6.38. The van der Waals surface area contributed by atoms with Gasteiger partial charge in [0.25, 0.3) is 5.91 Å². The lowest BCUT2D eigenvalue weighted by Gasteiger charge is -2.12. The van der Waals surface area contributed by atoms with Crippen LogP contribution in [-0.4, -0.2) is 28.5 Å². The predicted molar refractivity (Wildman–Crippen MR) is 122 cm³/mol. The second-order valence-corrected chi connectivity index (χ2v) is 8.71. The number of carbonyl (C=O) groups is 1. The number of amides is 1. The van der Waals surface area contributed by atoms with Crippen molar-refractivity contribution in [3.63, 3.8) is 0 Å². The Balaban J connectivity index is 1.89. The van der Waals surface area contributed by atoms with E-state index in [2.05, 4.69) is 9.71 Å². The molecule has 30 heavy (non-hydrogen) atoms. The minimum Gasteiger partial charge on any atom is -0.496 e. The number of pyridine rings is 1. The molecule has 0 saturated heterocycles. The molecule has 9 heteroatoms. The fourth-order valence-corrected chi connectivity index (χ4v) is 3.78. The van der Waals surface area contributed by atoms with E-state index in [1.807, 2.05) is 6.07 Å². The van der Waals surface area contributed by atoms with Crippen LogP contribution < -0.4 is 9.46 Å². The molecule has 156 valence electrons. The van der Waals surface area contributed by atoms with Crippen LogP contribution >= 0.6 is 34.8 Å². The van der Waals surface area contributed by atoms with Crippen LogP contribution in [0.25, 0.3) is 11.1 Å². The van der Waals surface area contributed by atoms with Gasteiger partial charge in [0.05, 0.1) is 27.9 Å². The van der Waals surface area contributed by atoms with Crippen molar-refractivity contribution in [3.05, 3.63) is 80.6 Å². The molecule has 0 fully saturated rings. The Morgan fingerprint density at radius 2 is 1.83 bits per heavy atom. The number of nitrogens with one attached hydrogen (secondary N) is 1. The van der Waals surface area contributed by atoms with Crippen molar-refractivity contribution in [3.8, 4) is 16.9 Å². The lowest BCUT2D eigenvalue weighted by molar-refractivity contribution is 0.0983. The maximum Gasteiger partial charge on any atom is 0.263 e. The quantitative estimate of drug-likeness (QED) is 0.514. The highest BCUT2D eigenvalue weighted by Crippen LogP contribution is 2.33. The van der Waals surface area contributed by atoms with Crippen molar-refractivity contribution < 1.29 is 13.7 Å². The highest BCUT2D eigenvalue weighted by molar-refractivity contribution is 7.82. The maximum atomic E-state index is 12.1. The van der Waals surface area contributed by atoms with Crippen LogP contribution in [0, 0.1) is 0 Å². The van der Waals surface area contributed by atoms with E-state index >= 15 is 0 Å². The zero-order valence-corrected chi connectivity index (χ0v) is 19.1. The number of hydrogen-bond acceptors (Lipinski definition) is 4. The largest absolute Gasteiger partial charge is 0.496 e. The molecule has 0 bridgehead atoms. The molecule has 5 nitrogen and oxygen atoms in total. The van der Waals surface area contributed by atoms with E-state index in [0.717, 1.165) is 16.7 Å². The molecule has 0 aliphatic heterocycles. The summed E-state index contributed by atoms with van der Waals surface area (Å²) in [6.45, 7) is 0. The van der Waals surface area contributed by atoms with Crippen LogP contribution in [0.1, 0.15) is 21.6 Å². The molecule has 1 amide bonds. The molecule has 0 aliphatic rings. The standard InChI is InChI=1S/C21H17Cl3N2O3S/c1-29-20-10-13(21(27)26-30(2)28)4-5-15(20)14-9-18(24)19(25-11-14)8-12-3-6-16(22)17(23)7-12/h3-7,9-11H,8H2,1-2H3,(H,26,27). The fraction of sp³-hybridized carbons (Fsp3) is 0.143. The highest BCUT2D eigenvalue weighted by atomic mass is 35.5. The number of nitrogens with zero attached hydrogens (tertiary/aromatic N) is 1. The molecule has 1 aromatic heterocycles. The smallest absolute Gasteiger partial charge is 0.263 e. The Hall–Kier alpha value is -2.12. The first kappa shape index (κ1) is 22.6. The maximum absolute atomic E-state index is 12.1. The van der Waals surface area contributed by atoms with Crippen molar-refractivity contribution >= 4 is 51.7 Å². The number of benzene rings is 2. The minimum atomic E-state index is -1.46. The third kappa shape index (κ3) is 5.32. The highest BCUT2D eigenvalue weighted by Gasteiger charge is 2.14. The summed E-state index contributed by atoms with van der Waals surface area (Å²) in [5, 5.41) is 1.45. The molecule has 0 saturated carbocycles. The number of carbonyl (C=O) groups excluding carboxylic acids is 1. The molecule has 0 spiro atoms. The van der Waals surface area contributed by atoms with Crippen LogP contribution in [0.5, 0.6) is 5.75 Å². The number of halogens is 3. The van der Waals surface area contributed by atoms with E-state index in [9.17, 15) is 9.00 Å². The summed E-state index contributed by atoms with van der Waals surface area (Å²) in [6.07, 6.45) is 3.58. The van der Waals surface area contributed by atoms with Crippen LogP contribution in [0.2, 0.25) is 15.1 Å². The lowest BCUT2D eigenvalue weighted by atomic mass is 10.0. The third-order valence-corrected chi connectivity index (χ3v) is 5.82. The summed E-state index contributed by atoms with van der Waals surface area (Å²) in [5.41, 5.74) is 3.43. The Labute approximate surface area is 191 Å². The van der Waals surface area contributed by atoms with Gasteiger partial charge in [0.2, 0.25) is 0 Å². The van der Waals surface area contributed by atoms with Gasteiger partial charge in [-0.25, -0.2) is 4.21 Å². The second kappa shape index (κ2) is 9.79. The predicted octanol–water partition coefficient (Wildman–Crippen LogP) is 5.33. The molecular formula is C21H17Cl3N2O3S. The Morgan fingerprint density at radius 3 is 2.47 bits per heavy atom. The van der Waals surface area contributed by atoms with E-state index in [1.165, 1.54) is 13.4 Å². The number of methoxy groups -OCH3 is 1. The summed E-state index contributed by atoms with van der Waals surface area (Å²) < 4.78 is 19.0. The summed E-state index contributed by atoms with van der Waals surface area (Å²) >= 11 is 18.5.